The molecule has 0 unspecified atom stereocenters. The molecule has 0 radical (unpaired) electrons. The molecule has 0 saturated carbocycles. The zero-order valence-corrected chi connectivity index (χ0v) is 14.2. The van der Waals surface area contributed by atoms with E-state index in [-0.39, 0.29) is 12.1 Å². The fraction of sp³-hybridized carbons (Fsp3) is 0.333. The smallest absolute Gasteiger partial charge is 0.126 e. The third-order valence-corrected chi connectivity index (χ3v) is 4.35. The lowest BCUT2D eigenvalue weighted by Gasteiger charge is -2.36. The Labute approximate surface area is 146 Å². The largest absolute Gasteiger partial charge is 0.373 e. The van der Waals surface area contributed by atoms with Crippen LogP contribution in [0.5, 0.6) is 0 Å². The molecule has 24 heavy (non-hydrogen) atoms. The SMILES string of the molecule is CN1CCO[C@H]([C@H](Nc2ccc(C#N)cn2)c2ccc(Cl)cc2)C1. The number of hydrogen-bond donors (Lipinski definition) is 1. The second-order valence-electron chi connectivity index (χ2n) is 5.89. The van der Waals surface area contributed by atoms with Crippen molar-refractivity contribution >= 4 is 17.4 Å². The molecular weight excluding hydrogens is 324 g/mol. The van der Waals surface area contributed by atoms with Crippen molar-refractivity contribution in [1.29, 1.82) is 5.26 Å². The van der Waals surface area contributed by atoms with Crippen LogP contribution in [-0.2, 0) is 4.74 Å². The molecule has 1 aliphatic heterocycles. The molecule has 0 amide bonds. The summed E-state index contributed by atoms with van der Waals surface area (Å²) in [5.41, 5.74) is 1.63. The van der Waals surface area contributed by atoms with E-state index in [1.54, 1.807) is 12.3 Å². The molecule has 2 aromatic rings. The van der Waals surface area contributed by atoms with Gasteiger partial charge in [-0.1, -0.05) is 23.7 Å². The van der Waals surface area contributed by atoms with Crippen LogP contribution in [0.2, 0.25) is 5.02 Å². The molecule has 3 rings (SSSR count). The van der Waals surface area contributed by atoms with Crippen molar-refractivity contribution in [3.8, 4) is 6.07 Å². The normalized spacial score (nSPS) is 19.5. The van der Waals surface area contributed by atoms with Crippen LogP contribution in [0.3, 0.4) is 0 Å². The second kappa shape index (κ2) is 7.63. The third kappa shape index (κ3) is 4.04. The Morgan fingerprint density at radius 1 is 1.33 bits per heavy atom. The van der Waals surface area contributed by atoms with Gasteiger partial charge in [0, 0.05) is 24.3 Å². The molecule has 5 nitrogen and oxygen atoms in total. The van der Waals surface area contributed by atoms with Crippen LogP contribution in [0.25, 0.3) is 0 Å². The monoisotopic (exact) mass is 342 g/mol. The fourth-order valence-electron chi connectivity index (χ4n) is 2.78. The maximum absolute atomic E-state index is 8.90. The van der Waals surface area contributed by atoms with E-state index < -0.39 is 0 Å². The molecule has 1 aromatic heterocycles. The van der Waals surface area contributed by atoms with Crippen molar-refractivity contribution in [3.63, 3.8) is 0 Å². The Bertz CT molecular complexity index is 711. The van der Waals surface area contributed by atoms with Gasteiger partial charge in [-0.15, -0.1) is 0 Å². The van der Waals surface area contributed by atoms with Crippen LogP contribution in [0, 0.1) is 11.3 Å². The van der Waals surface area contributed by atoms with E-state index in [1.807, 2.05) is 30.3 Å². The molecule has 1 N–H and O–H groups in total. The molecular formula is C18H19ClN4O. The third-order valence-electron chi connectivity index (χ3n) is 4.09. The van der Waals surface area contributed by atoms with Crippen molar-refractivity contribution in [1.82, 2.24) is 9.88 Å². The first-order chi connectivity index (χ1) is 11.7. The van der Waals surface area contributed by atoms with E-state index >= 15 is 0 Å². The number of pyridine rings is 1. The number of hydrogen-bond acceptors (Lipinski definition) is 5. The topological polar surface area (TPSA) is 61.2 Å². The molecule has 0 bridgehead atoms. The number of morpholine rings is 1. The highest BCUT2D eigenvalue weighted by Crippen LogP contribution is 2.27. The fourth-order valence-corrected chi connectivity index (χ4v) is 2.90. The molecule has 2 atom stereocenters. The molecule has 6 heteroatoms. The van der Waals surface area contributed by atoms with Crippen LogP contribution >= 0.6 is 11.6 Å². The maximum Gasteiger partial charge on any atom is 0.126 e. The van der Waals surface area contributed by atoms with Gasteiger partial charge in [0.2, 0.25) is 0 Å². The molecule has 1 saturated heterocycles. The van der Waals surface area contributed by atoms with E-state index in [0.717, 1.165) is 18.7 Å². The maximum atomic E-state index is 8.90. The van der Waals surface area contributed by atoms with Crippen LogP contribution in [0.1, 0.15) is 17.2 Å². The highest BCUT2D eigenvalue weighted by atomic mass is 35.5. The number of ether oxygens (including phenoxy) is 1. The first-order valence-corrected chi connectivity index (χ1v) is 8.22. The van der Waals surface area contributed by atoms with Crippen molar-refractivity contribution in [2.24, 2.45) is 0 Å². The minimum atomic E-state index is -0.0505. The number of aromatic nitrogens is 1. The standard InChI is InChI=1S/C18H19ClN4O/c1-23-8-9-24-16(12-23)18(14-3-5-15(19)6-4-14)22-17-7-2-13(10-20)11-21-17/h2-7,11,16,18H,8-9,12H2,1H3,(H,21,22)/t16-,18+/m0/s1. The average Bonchev–Trinajstić information content (AvgIpc) is 2.61. The van der Waals surface area contributed by atoms with Crippen LogP contribution in [0.4, 0.5) is 5.82 Å². The van der Waals surface area contributed by atoms with Crippen molar-refractivity contribution in [3.05, 3.63) is 58.7 Å². The van der Waals surface area contributed by atoms with Gasteiger partial charge < -0.3 is 15.0 Å². The minimum Gasteiger partial charge on any atom is -0.373 e. The predicted octanol–water partition coefficient (Wildman–Crippen LogP) is 3.09. The van der Waals surface area contributed by atoms with Gasteiger partial charge in [-0.25, -0.2) is 4.98 Å². The zero-order valence-electron chi connectivity index (χ0n) is 13.4. The highest BCUT2D eigenvalue weighted by molar-refractivity contribution is 6.30. The van der Waals surface area contributed by atoms with Gasteiger partial charge >= 0.3 is 0 Å². The quantitative estimate of drug-likeness (QED) is 0.925. The second-order valence-corrected chi connectivity index (χ2v) is 6.33. The average molecular weight is 343 g/mol. The van der Waals surface area contributed by atoms with Gasteiger partial charge in [-0.3, -0.25) is 0 Å². The molecule has 1 aliphatic rings. The van der Waals surface area contributed by atoms with Crippen molar-refractivity contribution in [2.75, 3.05) is 32.1 Å². The summed E-state index contributed by atoms with van der Waals surface area (Å²) in [5, 5.41) is 13.0. The predicted molar refractivity (Wildman–Crippen MR) is 94.0 cm³/mol. The van der Waals surface area contributed by atoms with Gasteiger partial charge in [0.1, 0.15) is 11.9 Å². The summed E-state index contributed by atoms with van der Waals surface area (Å²) in [6.45, 7) is 2.46. The van der Waals surface area contributed by atoms with Gasteiger partial charge in [0.05, 0.1) is 24.3 Å². The van der Waals surface area contributed by atoms with Crippen molar-refractivity contribution in [2.45, 2.75) is 12.1 Å². The number of nitriles is 1. The van der Waals surface area contributed by atoms with Gasteiger partial charge in [0.15, 0.2) is 0 Å². The van der Waals surface area contributed by atoms with Gasteiger partial charge in [-0.05, 0) is 36.9 Å². The molecule has 1 fully saturated rings. The summed E-state index contributed by atoms with van der Waals surface area (Å²) >= 11 is 6.02. The molecule has 124 valence electrons. The zero-order chi connectivity index (χ0) is 16.9. The number of anilines is 1. The van der Waals surface area contributed by atoms with E-state index in [1.165, 1.54) is 0 Å². The Hall–Kier alpha value is -2.13. The van der Waals surface area contributed by atoms with E-state index in [4.69, 9.17) is 21.6 Å². The van der Waals surface area contributed by atoms with Crippen LogP contribution in [0.15, 0.2) is 42.6 Å². The molecule has 0 aliphatic carbocycles. The lowest BCUT2D eigenvalue weighted by atomic mass is 10.00. The number of rotatable bonds is 4. The Morgan fingerprint density at radius 2 is 2.12 bits per heavy atom. The van der Waals surface area contributed by atoms with E-state index in [2.05, 4.69) is 28.3 Å². The summed E-state index contributed by atoms with van der Waals surface area (Å²) < 4.78 is 5.99. The number of benzene rings is 1. The van der Waals surface area contributed by atoms with Gasteiger partial charge in [-0.2, -0.15) is 5.26 Å². The Balaban J connectivity index is 1.85. The first-order valence-electron chi connectivity index (χ1n) is 7.84. The summed E-state index contributed by atoms with van der Waals surface area (Å²) in [6.07, 6.45) is 1.57. The lowest BCUT2D eigenvalue weighted by molar-refractivity contribution is -0.0292. The Kier molecular flexibility index (Phi) is 5.31. The van der Waals surface area contributed by atoms with Crippen LogP contribution in [-0.4, -0.2) is 42.7 Å². The molecule has 0 spiro atoms. The number of nitrogens with one attached hydrogen (secondary N) is 1. The number of likely N-dealkylation sites (N-methyl/N-ethyl adjacent to an activating group) is 1. The highest BCUT2D eigenvalue weighted by Gasteiger charge is 2.28. The number of halogens is 1. The summed E-state index contributed by atoms with van der Waals surface area (Å²) in [5.74, 6) is 0.714. The molecule has 1 aromatic carbocycles. The van der Waals surface area contributed by atoms with Crippen molar-refractivity contribution < 1.29 is 4.74 Å². The minimum absolute atomic E-state index is 0.00219. The van der Waals surface area contributed by atoms with Crippen LogP contribution < -0.4 is 5.32 Å². The summed E-state index contributed by atoms with van der Waals surface area (Å²) in [6, 6.07) is 13.4. The summed E-state index contributed by atoms with van der Waals surface area (Å²) in [4.78, 5) is 6.57. The van der Waals surface area contributed by atoms with Gasteiger partial charge in [0.25, 0.3) is 0 Å². The molecule has 2 heterocycles. The first kappa shape index (κ1) is 16.7. The summed E-state index contributed by atoms with van der Waals surface area (Å²) in [7, 11) is 2.09. The number of nitrogens with zero attached hydrogens (tertiary/aromatic N) is 3. The lowest BCUT2D eigenvalue weighted by Crippen LogP contribution is -2.44. The van der Waals surface area contributed by atoms with E-state index in [0.29, 0.717) is 23.0 Å². The van der Waals surface area contributed by atoms with E-state index in [9.17, 15) is 0 Å². The Morgan fingerprint density at radius 3 is 2.75 bits per heavy atom.